The van der Waals surface area contributed by atoms with Crippen molar-refractivity contribution in [2.45, 2.75) is 235 Å². The van der Waals surface area contributed by atoms with Crippen LogP contribution in [0.15, 0.2) is 0 Å². The Labute approximate surface area is 293 Å². The van der Waals surface area contributed by atoms with Gasteiger partial charge in [-0.3, -0.25) is 0 Å². The molecule has 280 valence electrons. The van der Waals surface area contributed by atoms with E-state index in [9.17, 15) is 0 Å². The Bertz CT molecular complexity index is 358. The maximum atomic E-state index is 2.37. The van der Waals surface area contributed by atoms with Gasteiger partial charge in [0, 0.05) is 0 Å². The molecule has 0 aliphatic heterocycles. The highest BCUT2D eigenvalue weighted by atomic mass is 14.2. The van der Waals surface area contributed by atoms with Crippen LogP contribution >= 0.6 is 0 Å². The molecule has 0 N–H and O–H groups in total. The molecule has 0 radical (unpaired) electrons. The van der Waals surface area contributed by atoms with Crippen LogP contribution < -0.4 is 0 Å². The van der Waals surface area contributed by atoms with Crippen molar-refractivity contribution in [1.82, 2.24) is 0 Å². The van der Waals surface area contributed by atoms with E-state index in [1.54, 1.807) is 0 Å². The predicted molar refractivity (Wildman–Crippen MR) is 218 cm³/mol. The predicted octanol–water partition coefficient (Wildman–Crippen LogP) is 17.3. The van der Waals surface area contributed by atoms with Gasteiger partial charge in [0.05, 0.1) is 0 Å². The summed E-state index contributed by atoms with van der Waals surface area (Å²) in [6, 6.07) is 0. The van der Waals surface area contributed by atoms with E-state index in [2.05, 4.69) is 69.2 Å². The third-order valence-corrected chi connectivity index (χ3v) is 11.5. The van der Waals surface area contributed by atoms with Gasteiger partial charge in [-0.1, -0.05) is 235 Å². The molecule has 5 rings (SSSR count). The number of rotatable bonds is 0. The van der Waals surface area contributed by atoms with Gasteiger partial charge in [-0.25, -0.2) is 0 Å². The molecule has 0 amide bonds. The van der Waals surface area contributed by atoms with Crippen LogP contribution in [0.1, 0.15) is 235 Å². The number of hydrogen-bond acceptors (Lipinski definition) is 0. The molecule has 0 spiro atoms. The monoisotopic (exact) mass is 641 g/mol. The summed E-state index contributed by atoms with van der Waals surface area (Å²) in [5.74, 6) is 10.2. The first-order chi connectivity index (χ1) is 18.9. The molecule has 0 aromatic carbocycles. The fraction of sp³-hybridized carbons (Fsp3) is 1.00. The normalized spacial score (nSPS) is 35.3. The first-order valence-electron chi connectivity index (χ1n) is 18.9. The van der Waals surface area contributed by atoms with Crippen LogP contribution in [0.2, 0.25) is 0 Å². The van der Waals surface area contributed by atoms with Crippen molar-refractivity contribution in [2.75, 3.05) is 0 Å². The van der Waals surface area contributed by atoms with Crippen molar-refractivity contribution in [3.05, 3.63) is 0 Å². The van der Waals surface area contributed by atoms with Crippen molar-refractivity contribution < 1.29 is 0 Å². The summed E-state index contributed by atoms with van der Waals surface area (Å²) in [6.45, 7) is 23.7. The van der Waals surface area contributed by atoms with E-state index in [0.29, 0.717) is 0 Å². The minimum atomic E-state index is 0. The lowest BCUT2D eigenvalue weighted by molar-refractivity contribution is 0.308. The van der Waals surface area contributed by atoms with E-state index in [-0.39, 0.29) is 37.1 Å². The van der Waals surface area contributed by atoms with Crippen LogP contribution in [0, 0.1) is 59.2 Å². The van der Waals surface area contributed by atoms with E-state index in [4.69, 9.17) is 0 Å². The van der Waals surface area contributed by atoms with Crippen LogP contribution in [0.3, 0.4) is 0 Å². The van der Waals surface area contributed by atoms with E-state index < -0.39 is 0 Å². The van der Waals surface area contributed by atoms with Crippen LogP contribution in [-0.2, 0) is 0 Å². The lowest BCUT2D eigenvalue weighted by atomic mass is 9.84. The van der Waals surface area contributed by atoms with E-state index in [0.717, 1.165) is 59.2 Å². The second kappa shape index (κ2) is 32.5. The van der Waals surface area contributed by atoms with Crippen molar-refractivity contribution in [3.63, 3.8) is 0 Å². The Morgan fingerprint density at radius 3 is 0.244 bits per heavy atom. The molecule has 0 atom stereocenters. The Kier molecular flexibility index (Phi) is 39.4. The summed E-state index contributed by atoms with van der Waals surface area (Å²) in [5.41, 5.74) is 0. The first kappa shape index (κ1) is 54.5. The summed E-state index contributed by atoms with van der Waals surface area (Å²) < 4.78 is 0. The molecule has 0 aromatic rings. The zero-order valence-electron chi connectivity index (χ0n) is 29.9. The third-order valence-electron chi connectivity index (χ3n) is 11.5. The molecule has 0 bridgehead atoms. The molecular weight excluding hydrogens is 540 g/mol. The zero-order valence-corrected chi connectivity index (χ0v) is 29.9. The second-order valence-electron chi connectivity index (χ2n) is 16.8. The lowest BCUT2D eigenvalue weighted by Gasteiger charge is -2.22. The average Bonchev–Trinajstić information content (AvgIpc) is 2.94. The summed E-state index contributed by atoms with van der Waals surface area (Å²) in [4.78, 5) is 0. The third kappa shape index (κ3) is 31.0. The van der Waals surface area contributed by atoms with Gasteiger partial charge in [0.1, 0.15) is 0 Å². The van der Waals surface area contributed by atoms with Crippen LogP contribution in [-0.4, -0.2) is 0 Å². The first-order valence-corrected chi connectivity index (χ1v) is 18.9. The van der Waals surface area contributed by atoms with Gasteiger partial charge in [0.2, 0.25) is 0 Å². The van der Waals surface area contributed by atoms with E-state index in [1.165, 1.54) is 128 Å². The summed E-state index contributed by atoms with van der Waals surface area (Å²) in [7, 11) is 0. The maximum Gasteiger partial charge on any atom is -0.0443 e. The standard InChI is InChI=1S/5C8H16.5CH4/c5*1-7-3-5-8(2)6-4-7;;;;;/h5*7-8H,3-6H2,1-2H3;5*1H4. The molecule has 5 aliphatic rings. The fourth-order valence-electron chi connectivity index (χ4n) is 7.13. The van der Waals surface area contributed by atoms with Gasteiger partial charge in [-0.15, -0.1) is 0 Å². The second-order valence-corrected chi connectivity index (χ2v) is 16.8. The molecule has 5 aliphatic carbocycles. The highest BCUT2D eigenvalue weighted by Crippen LogP contribution is 2.30. The van der Waals surface area contributed by atoms with E-state index >= 15 is 0 Å². The van der Waals surface area contributed by atoms with Gasteiger partial charge in [-0.05, 0) is 59.2 Å². The highest BCUT2D eigenvalue weighted by Gasteiger charge is 2.16. The van der Waals surface area contributed by atoms with E-state index in [1.807, 2.05) is 0 Å². The van der Waals surface area contributed by atoms with Gasteiger partial charge in [0.15, 0.2) is 0 Å². The molecular formula is C45H100. The van der Waals surface area contributed by atoms with Crippen molar-refractivity contribution in [3.8, 4) is 0 Å². The molecule has 45 heavy (non-hydrogen) atoms. The molecule has 0 unspecified atom stereocenters. The van der Waals surface area contributed by atoms with Gasteiger partial charge >= 0.3 is 0 Å². The highest BCUT2D eigenvalue weighted by molar-refractivity contribution is 4.68. The van der Waals surface area contributed by atoms with Crippen molar-refractivity contribution >= 4 is 0 Å². The summed E-state index contributed by atoms with van der Waals surface area (Å²) >= 11 is 0. The van der Waals surface area contributed by atoms with Crippen molar-refractivity contribution in [2.24, 2.45) is 59.2 Å². The summed E-state index contributed by atoms with van der Waals surface area (Å²) in [6.07, 6.45) is 29.5. The molecule has 0 heterocycles. The van der Waals surface area contributed by atoms with Crippen LogP contribution in [0.25, 0.3) is 0 Å². The van der Waals surface area contributed by atoms with Gasteiger partial charge < -0.3 is 0 Å². The number of hydrogen-bond donors (Lipinski definition) is 0. The lowest BCUT2D eigenvalue weighted by Crippen LogP contribution is -2.08. The SMILES string of the molecule is C.C.C.C.C.CC1CCC(C)CC1.CC1CCC(C)CC1.CC1CCC(C)CC1.CC1CCC(C)CC1.CC1CCC(C)CC1. The quantitative estimate of drug-likeness (QED) is 0.247. The zero-order chi connectivity index (χ0) is 29.9. The Hall–Kier alpha value is 0. The Morgan fingerprint density at radius 1 is 0.156 bits per heavy atom. The molecule has 0 aromatic heterocycles. The Morgan fingerprint density at radius 2 is 0.200 bits per heavy atom. The van der Waals surface area contributed by atoms with Crippen LogP contribution in [0.4, 0.5) is 0 Å². The van der Waals surface area contributed by atoms with Crippen LogP contribution in [0.5, 0.6) is 0 Å². The minimum Gasteiger partial charge on any atom is -0.0776 e. The maximum absolute atomic E-state index is 2.37. The minimum absolute atomic E-state index is 0. The fourth-order valence-corrected chi connectivity index (χ4v) is 7.13. The molecule has 5 saturated carbocycles. The van der Waals surface area contributed by atoms with Gasteiger partial charge in [0.25, 0.3) is 0 Å². The topological polar surface area (TPSA) is 0 Å². The summed E-state index contributed by atoms with van der Waals surface area (Å²) in [5, 5.41) is 0. The molecule has 5 fully saturated rings. The largest absolute Gasteiger partial charge is 0.0776 e. The van der Waals surface area contributed by atoms with Gasteiger partial charge in [-0.2, -0.15) is 0 Å². The Balaban J connectivity index is -0.000000144. The molecule has 0 heteroatoms. The smallest absolute Gasteiger partial charge is 0.0443 e. The van der Waals surface area contributed by atoms with Crippen molar-refractivity contribution in [1.29, 1.82) is 0 Å². The molecule has 0 nitrogen and oxygen atoms in total. The average molecular weight is 641 g/mol. The molecule has 0 saturated heterocycles.